The molecule has 4 heteroatoms. The van der Waals surface area contributed by atoms with E-state index in [9.17, 15) is 4.79 Å². The number of carbonyl (C=O) groups is 1. The van der Waals surface area contributed by atoms with E-state index in [0.29, 0.717) is 6.54 Å². The van der Waals surface area contributed by atoms with E-state index in [0.717, 1.165) is 36.0 Å². The molecule has 0 bridgehead atoms. The van der Waals surface area contributed by atoms with E-state index in [1.807, 2.05) is 36.2 Å². The predicted octanol–water partition coefficient (Wildman–Crippen LogP) is 2.41. The number of nitrogens with zero attached hydrogens (tertiary/aromatic N) is 1. The zero-order chi connectivity index (χ0) is 13.0. The second-order valence-corrected chi connectivity index (χ2v) is 5.68. The van der Waals surface area contributed by atoms with Crippen molar-refractivity contribution >= 4 is 21.8 Å². The molecule has 98 valence electrons. The van der Waals surface area contributed by atoms with Crippen molar-refractivity contribution in [2.24, 2.45) is 5.92 Å². The number of benzene rings is 1. The van der Waals surface area contributed by atoms with Crippen LogP contribution in [0, 0.1) is 5.92 Å². The normalized spacial score (nSPS) is 19.6. The van der Waals surface area contributed by atoms with E-state index in [-0.39, 0.29) is 11.8 Å². The van der Waals surface area contributed by atoms with Gasteiger partial charge in [0.15, 0.2) is 0 Å². The largest absolute Gasteiger partial charge is 0.341 e. The highest BCUT2D eigenvalue weighted by atomic mass is 79.9. The van der Waals surface area contributed by atoms with Gasteiger partial charge in [-0.2, -0.15) is 0 Å². The molecule has 0 aliphatic carbocycles. The van der Waals surface area contributed by atoms with E-state index < -0.39 is 0 Å². The van der Waals surface area contributed by atoms with Crippen LogP contribution in [0.3, 0.4) is 0 Å². The predicted molar refractivity (Wildman–Crippen MR) is 76.2 cm³/mol. The van der Waals surface area contributed by atoms with Crippen molar-refractivity contribution < 1.29 is 4.79 Å². The zero-order valence-corrected chi connectivity index (χ0v) is 12.2. The lowest BCUT2D eigenvalue weighted by molar-refractivity contribution is -0.135. The lowest BCUT2D eigenvalue weighted by Gasteiger charge is -2.27. The van der Waals surface area contributed by atoms with Gasteiger partial charge < -0.3 is 10.2 Å². The van der Waals surface area contributed by atoms with E-state index in [4.69, 9.17) is 0 Å². The van der Waals surface area contributed by atoms with Crippen LogP contribution in [0.4, 0.5) is 0 Å². The first-order chi connectivity index (χ1) is 8.68. The molecular weight excluding hydrogens is 292 g/mol. The molecule has 1 N–H and O–H groups in total. The minimum Gasteiger partial charge on any atom is -0.341 e. The van der Waals surface area contributed by atoms with Crippen molar-refractivity contribution in [2.45, 2.75) is 19.4 Å². The summed E-state index contributed by atoms with van der Waals surface area (Å²) in [6.45, 7) is 2.52. The number of hydrogen-bond donors (Lipinski definition) is 1. The third-order valence-electron chi connectivity index (χ3n) is 3.39. The Kier molecular flexibility index (Phi) is 4.78. The fraction of sp³-hybridized carbons (Fsp3) is 0.500. The highest BCUT2D eigenvalue weighted by Crippen LogP contribution is 2.19. The van der Waals surface area contributed by atoms with Crippen LogP contribution in [-0.4, -0.2) is 30.9 Å². The summed E-state index contributed by atoms with van der Waals surface area (Å²) < 4.78 is 1.06. The van der Waals surface area contributed by atoms with Crippen LogP contribution < -0.4 is 5.32 Å². The van der Waals surface area contributed by atoms with Gasteiger partial charge in [-0.1, -0.05) is 34.1 Å². The zero-order valence-electron chi connectivity index (χ0n) is 10.7. The molecule has 0 spiro atoms. The topological polar surface area (TPSA) is 32.3 Å². The van der Waals surface area contributed by atoms with Gasteiger partial charge in [0.2, 0.25) is 5.91 Å². The summed E-state index contributed by atoms with van der Waals surface area (Å²) in [4.78, 5) is 14.1. The number of nitrogens with one attached hydrogen (secondary N) is 1. The van der Waals surface area contributed by atoms with Gasteiger partial charge in [0.05, 0.1) is 5.92 Å². The van der Waals surface area contributed by atoms with Gasteiger partial charge in [0.25, 0.3) is 0 Å². The molecule has 0 aromatic heterocycles. The standard InChI is InChI=1S/C14H19BrN2O/c1-17(10-12-5-2-3-7-13(12)15)14(18)11-6-4-8-16-9-11/h2-3,5,7,11,16H,4,6,8-10H2,1H3/t11-/m0/s1. The highest BCUT2D eigenvalue weighted by Gasteiger charge is 2.24. The van der Waals surface area contributed by atoms with Gasteiger partial charge in [0, 0.05) is 24.6 Å². The fourth-order valence-electron chi connectivity index (χ4n) is 2.33. The number of rotatable bonds is 3. The third kappa shape index (κ3) is 3.33. The van der Waals surface area contributed by atoms with E-state index in [2.05, 4.69) is 21.2 Å². The molecule has 1 fully saturated rings. The average molecular weight is 311 g/mol. The molecule has 0 unspecified atom stereocenters. The van der Waals surface area contributed by atoms with Gasteiger partial charge >= 0.3 is 0 Å². The van der Waals surface area contributed by atoms with Crippen LogP contribution in [0.2, 0.25) is 0 Å². The molecule has 1 saturated heterocycles. The first kappa shape index (κ1) is 13.6. The Balaban J connectivity index is 1.96. The smallest absolute Gasteiger partial charge is 0.227 e. The number of halogens is 1. The maximum Gasteiger partial charge on any atom is 0.227 e. The lowest BCUT2D eigenvalue weighted by atomic mass is 9.98. The van der Waals surface area contributed by atoms with Crippen LogP contribution in [0.1, 0.15) is 18.4 Å². The van der Waals surface area contributed by atoms with Gasteiger partial charge in [-0.05, 0) is 31.0 Å². The summed E-state index contributed by atoms with van der Waals surface area (Å²) >= 11 is 3.52. The van der Waals surface area contributed by atoms with E-state index in [1.54, 1.807) is 0 Å². The monoisotopic (exact) mass is 310 g/mol. The Labute approximate surface area is 117 Å². The summed E-state index contributed by atoms with van der Waals surface area (Å²) in [5.74, 6) is 0.393. The molecular formula is C14H19BrN2O. The summed E-state index contributed by atoms with van der Waals surface area (Å²) in [5, 5.41) is 3.29. The molecule has 1 aromatic carbocycles. The molecule has 3 nitrogen and oxygen atoms in total. The first-order valence-corrected chi connectivity index (χ1v) is 7.17. The Morgan fingerprint density at radius 2 is 2.28 bits per heavy atom. The summed E-state index contributed by atoms with van der Waals surface area (Å²) in [6, 6.07) is 8.05. The molecule has 18 heavy (non-hydrogen) atoms. The quantitative estimate of drug-likeness (QED) is 0.930. The van der Waals surface area contributed by atoms with Crippen molar-refractivity contribution in [1.29, 1.82) is 0 Å². The van der Waals surface area contributed by atoms with E-state index >= 15 is 0 Å². The second-order valence-electron chi connectivity index (χ2n) is 4.83. The Hall–Kier alpha value is -0.870. The number of hydrogen-bond acceptors (Lipinski definition) is 2. The van der Waals surface area contributed by atoms with Crippen LogP contribution in [-0.2, 0) is 11.3 Å². The molecule has 1 aliphatic rings. The van der Waals surface area contributed by atoms with Crippen molar-refractivity contribution in [3.8, 4) is 0 Å². The van der Waals surface area contributed by atoms with Gasteiger partial charge in [-0.3, -0.25) is 4.79 Å². The average Bonchev–Trinajstić information content (AvgIpc) is 2.41. The minimum atomic E-state index is 0.145. The SMILES string of the molecule is CN(Cc1ccccc1Br)C(=O)[C@H]1CCCNC1. The number of carbonyl (C=O) groups excluding carboxylic acids is 1. The summed E-state index contributed by atoms with van der Waals surface area (Å²) in [5.41, 5.74) is 1.15. The lowest BCUT2D eigenvalue weighted by Crippen LogP contribution is -2.41. The molecule has 0 radical (unpaired) electrons. The number of amides is 1. The van der Waals surface area contributed by atoms with Crippen LogP contribution >= 0.6 is 15.9 Å². The molecule has 0 saturated carbocycles. The van der Waals surface area contributed by atoms with Crippen LogP contribution in [0.15, 0.2) is 28.7 Å². The van der Waals surface area contributed by atoms with Crippen molar-refractivity contribution in [3.63, 3.8) is 0 Å². The van der Waals surface area contributed by atoms with Crippen LogP contribution in [0.5, 0.6) is 0 Å². The summed E-state index contributed by atoms with van der Waals surface area (Å²) in [6.07, 6.45) is 2.10. The Morgan fingerprint density at radius 1 is 1.50 bits per heavy atom. The van der Waals surface area contributed by atoms with Gasteiger partial charge in [0.1, 0.15) is 0 Å². The number of piperidine rings is 1. The Morgan fingerprint density at radius 3 is 2.94 bits per heavy atom. The molecule has 1 amide bonds. The molecule has 1 aliphatic heterocycles. The van der Waals surface area contributed by atoms with E-state index in [1.165, 1.54) is 0 Å². The van der Waals surface area contributed by atoms with Crippen molar-refractivity contribution in [1.82, 2.24) is 10.2 Å². The minimum absolute atomic E-state index is 0.145. The van der Waals surface area contributed by atoms with Gasteiger partial charge in [-0.15, -0.1) is 0 Å². The molecule has 1 heterocycles. The Bertz CT molecular complexity index is 416. The van der Waals surface area contributed by atoms with Crippen molar-refractivity contribution in [3.05, 3.63) is 34.3 Å². The van der Waals surface area contributed by atoms with Crippen molar-refractivity contribution in [2.75, 3.05) is 20.1 Å². The third-order valence-corrected chi connectivity index (χ3v) is 4.16. The second kappa shape index (κ2) is 6.34. The molecule has 1 atom stereocenters. The molecule has 1 aromatic rings. The maximum atomic E-state index is 12.3. The molecule has 2 rings (SSSR count). The highest BCUT2D eigenvalue weighted by molar-refractivity contribution is 9.10. The summed E-state index contributed by atoms with van der Waals surface area (Å²) in [7, 11) is 1.89. The fourth-order valence-corrected chi connectivity index (χ4v) is 2.74. The van der Waals surface area contributed by atoms with Crippen LogP contribution in [0.25, 0.3) is 0 Å². The first-order valence-electron chi connectivity index (χ1n) is 6.37. The van der Waals surface area contributed by atoms with Gasteiger partial charge in [-0.25, -0.2) is 0 Å². The maximum absolute atomic E-state index is 12.3.